The standard InChI is InChI=1S/C17H14N4O5S2/c1-11-13(8-5-9-14(11)21(23)24)16(22)18-17-20-19-15(27-17)10-28(25,26)12-6-3-2-4-7-12/h2-9H,10H2,1H3,(H,18,20,22). The van der Waals surface area contributed by atoms with E-state index >= 15 is 0 Å². The Morgan fingerprint density at radius 1 is 1.14 bits per heavy atom. The molecule has 0 spiro atoms. The molecule has 3 aromatic rings. The molecule has 28 heavy (non-hydrogen) atoms. The number of carbonyl (C=O) groups excluding carboxylic acids is 1. The number of aromatic nitrogens is 2. The molecule has 0 atom stereocenters. The molecule has 0 aliphatic carbocycles. The van der Waals surface area contributed by atoms with Crippen LogP contribution in [0.3, 0.4) is 0 Å². The number of nitro benzene ring substituents is 1. The van der Waals surface area contributed by atoms with Gasteiger partial charge in [-0.05, 0) is 25.1 Å². The molecule has 1 amide bonds. The summed E-state index contributed by atoms with van der Waals surface area (Å²) in [6.45, 7) is 1.48. The molecule has 0 bridgehead atoms. The molecule has 1 aromatic heterocycles. The Balaban J connectivity index is 1.76. The minimum atomic E-state index is -3.58. The molecular formula is C17H14N4O5S2. The van der Waals surface area contributed by atoms with Gasteiger partial charge in [-0.2, -0.15) is 0 Å². The Hall–Kier alpha value is -3.18. The highest BCUT2D eigenvalue weighted by Gasteiger charge is 2.21. The number of nitro groups is 1. The Labute approximate surface area is 164 Å². The van der Waals surface area contributed by atoms with E-state index in [1.165, 1.54) is 37.3 Å². The van der Waals surface area contributed by atoms with E-state index in [0.29, 0.717) is 0 Å². The van der Waals surface area contributed by atoms with Crippen molar-refractivity contribution in [3.8, 4) is 0 Å². The molecule has 144 valence electrons. The van der Waals surface area contributed by atoms with E-state index < -0.39 is 20.7 Å². The second kappa shape index (κ2) is 7.82. The Kier molecular flexibility index (Phi) is 5.47. The van der Waals surface area contributed by atoms with E-state index in [0.717, 1.165) is 11.3 Å². The van der Waals surface area contributed by atoms with E-state index in [4.69, 9.17) is 0 Å². The minimum Gasteiger partial charge on any atom is -0.296 e. The summed E-state index contributed by atoms with van der Waals surface area (Å²) in [6.07, 6.45) is 0. The van der Waals surface area contributed by atoms with Crippen molar-refractivity contribution >= 4 is 37.9 Å². The third kappa shape index (κ3) is 4.21. The van der Waals surface area contributed by atoms with Crippen LogP contribution in [-0.4, -0.2) is 29.4 Å². The monoisotopic (exact) mass is 418 g/mol. The van der Waals surface area contributed by atoms with E-state index in [1.807, 2.05) is 0 Å². The highest BCUT2D eigenvalue weighted by atomic mass is 32.2. The lowest BCUT2D eigenvalue weighted by Crippen LogP contribution is -2.14. The summed E-state index contributed by atoms with van der Waals surface area (Å²) in [6, 6.07) is 12.1. The normalized spacial score (nSPS) is 11.2. The lowest BCUT2D eigenvalue weighted by atomic mass is 10.1. The predicted molar refractivity (Wildman–Crippen MR) is 103 cm³/mol. The predicted octanol–water partition coefficient (Wildman–Crippen LogP) is 2.98. The molecular weight excluding hydrogens is 404 g/mol. The smallest absolute Gasteiger partial charge is 0.273 e. The second-order valence-corrected chi connectivity index (χ2v) is 8.79. The highest BCUT2D eigenvalue weighted by Crippen LogP contribution is 2.24. The molecule has 3 rings (SSSR count). The molecule has 0 saturated heterocycles. The number of nitrogens with zero attached hydrogens (tertiary/aromatic N) is 3. The van der Waals surface area contributed by atoms with E-state index in [1.54, 1.807) is 18.2 Å². The number of benzene rings is 2. The van der Waals surface area contributed by atoms with Crippen molar-refractivity contribution in [2.75, 3.05) is 5.32 Å². The Morgan fingerprint density at radius 3 is 2.54 bits per heavy atom. The van der Waals surface area contributed by atoms with Crippen LogP contribution in [0.4, 0.5) is 10.8 Å². The Morgan fingerprint density at radius 2 is 1.86 bits per heavy atom. The van der Waals surface area contributed by atoms with Crippen molar-refractivity contribution in [2.24, 2.45) is 0 Å². The first-order chi connectivity index (χ1) is 13.3. The molecule has 0 radical (unpaired) electrons. The van der Waals surface area contributed by atoms with Crippen LogP contribution >= 0.6 is 11.3 Å². The summed E-state index contributed by atoms with van der Waals surface area (Å²) in [7, 11) is -3.58. The number of hydrogen-bond donors (Lipinski definition) is 1. The lowest BCUT2D eigenvalue weighted by molar-refractivity contribution is -0.385. The first-order valence-electron chi connectivity index (χ1n) is 7.93. The van der Waals surface area contributed by atoms with Gasteiger partial charge in [-0.1, -0.05) is 35.6 Å². The number of rotatable bonds is 6. The van der Waals surface area contributed by atoms with Gasteiger partial charge in [-0.3, -0.25) is 20.2 Å². The van der Waals surface area contributed by atoms with Gasteiger partial charge in [0.25, 0.3) is 11.6 Å². The highest BCUT2D eigenvalue weighted by molar-refractivity contribution is 7.90. The molecule has 0 aliphatic rings. The molecule has 9 nitrogen and oxygen atoms in total. The quantitative estimate of drug-likeness (QED) is 0.481. The van der Waals surface area contributed by atoms with Gasteiger partial charge in [0.05, 0.1) is 9.82 Å². The topological polar surface area (TPSA) is 132 Å². The number of carbonyl (C=O) groups is 1. The molecule has 11 heteroatoms. The van der Waals surface area contributed by atoms with Crippen molar-refractivity contribution in [3.05, 3.63) is 74.8 Å². The number of anilines is 1. The molecule has 0 aliphatic heterocycles. The SMILES string of the molecule is Cc1c(C(=O)Nc2nnc(CS(=O)(=O)c3ccccc3)s2)cccc1[N+](=O)[O-]. The summed E-state index contributed by atoms with van der Waals surface area (Å²) in [4.78, 5) is 23.0. The second-order valence-electron chi connectivity index (χ2n) is 5.73. The van der Waals surface area contributed by atoms with Crippen molar-refractivity contribution in [1.82, 2.24) is 10.2 Å². The van der Waals surface area contributed by atoms with Crippen LogP contribution in [0.15, 0.2) is 53.4 Å². The fraction of sp³-hybridized carbons (Fsp3) is 0.118. The summed E-state index contributed by atoms with van der Waals surface area (Å²) in [5, 5.41) is 21.4. The fourth-order valence-corrected chi connectivity index (χ4v) is 4.82. The number of hydrogen-bond acceptors (Lipinski definition) is 8. The minimum absolute atomic E-state index is 0.106. The fourth-order valence-electron chi connectivity index (χ4n) is 2.47. The first kappa shape index (κ1) is 19.6. The van der Waals surface area contributed by atoms with Crippen molar-refractivity contribution in [2.45, 2.75) is 17.6 Å². The zero-order valence-corrected chi connectivity index (χ0v) is 16.2. The molecule has 2 aromatic carbocycles. The summed E-state index contributed by atoms with van der Waals surface area (Å²) >= 11 is 0.927. The summed E-state index contributed by atoms with van der Waals surface area (Å²) in [5.41, 5.74) is 0.184. The van der Waals surface area contributed by atoms with Gasteiger partial charge in [0, 0.05) is 17.2 Å². The number of amides is 1. The van der Waals surface area contributed by atoms with Crippen LogP contribution in [-0.2, 0) is 15.6 Å². The third-order valence-electron chi connectivity index (χ3n) is 3.85. The molecule has 1 heterocycles. The lowest BCUT2D eigenvalue weighted by Gasteiger charge is -2.05. The summed E-state index contributed by atoms with van der Waals surface area (Å²) < 4.78 is 24.8. The van der Waals surface area contributed by atoms with Crippen LogP contribution in [0.2, 0.25) is 0 Å². The average molecular weight is 418 g/mol. The maximum absolute atomic E-state index is 12.4. The zero-order valence-electron chi connectivity index (χ0n) is 14.5. The van der Waals surface area contributed by atoms with Gasteiger partial charge < -0.3 is 0 Å². The molecule has 0 saturated carbocycles. The van der Waals surface area contributed by atoms with Crippen LogP contribution in [0.25, 0.3) is 0 Å². The van der Waals surface area contributed by atoms with Gasteiger partial charge in [0.1, 0.15) is 10.8 Å². The Bertz CT molecular complexity index is 1140. The van der Waals surface area contributed by atoms with Gasteiger partial charge in [-0.25, -0.2) is 8.42 Å². The average Bonchev–Trinajstić information content (AvgIpc) is 3.08. The van der Waals surface area contributed by atoms with E-state index in [9.17, 15) is 23.3 Å². The summed E-state index contributed by atoms with van der Waals surface area (Å²) in [5.74, 6) is -0.935. The van der Waals surface area contributed by atoms with Crippen LogP contribution in [0.5, 0.6) is 0 Å². The zero-order chi connectivity index (χ0) is 20.3. The van der Waals surface area contributed by atoms with Crippen molar-refractivity contribution in [3.63, 3.8) is 0 Å². The van der Waals surface area contributed by atoms with Crippen LogP contribution in [0.1, 0.15) is 20.9 Å². The largest absolute Gasteiger partial charge is 0.296 e. The molecule has 0 unspecified atom stereocenters. The number of sulfone groups is 1. The molecule has 0 fully saturated rings. The maximum Gasteiger partial charge on any atom is 0.273 e. The first-order valence-corrected chi connectivity index (χ1v) is 10.4. The van der Waals surface area contributed by atoms with E-state index in [2.05, 4.69) is 15.5 Å². The van der Waals surface area contributed by atoms with Gasteiger partial charge in [0.2, 0.25) is 5.13 Å². The van der Waals surface area contributed by atoms with Gasteiger partial charge >= 0.3 is 0 Å². The van der Waals surface area contributed by atoms with Crippen LogP contribution < -0.4 is 5.32 Å². The van der Waals surface area contributed by atoms with Gasteiger partial charge in [0.15, 0.2) is 9.84 Å². The van der Waals surface area contributed by atoms with Gasteiger partial charge in [-0.15, -0.1) is 10.2 Å². The van der Waals surface area contributed by atoms with E-state index in [-0.39, 0.29) is 37.6 Å². The third-order valence-corrected chi connectivity index (χ3v) is 6.51. The number of nitrogens with one attached hydrogen (secondary N) is 1. The van der Waals surface area contributed by atoms with Crippen LogP contribution in [0, 0.1) is 17.0 Å². The van der Waals surface area contributed by atoms with Crippen molar-refractivity contribution < 1.29 is 18.1 Å². The molecule has 1 N–H and O–H groups in total. The maximum atomic E-state index is 12.4. The van der Waals surface area contributed by atoms with Crippen molar-refractivity contribution in [1.29, 1.82) is 0 Å².